The lowest BCUT2D eigenvalue weighted by Crippen LogP contribution is -1.94. The molecule has 0 heterocycles. The third-order valence-electron chi connectivity index (χ3n) is 4.73. The van der Waals surface area contributed by atoms with Gasteiger partial charge in [0.05, 0.1) is 0 Å². The lowest BCUT2D eigenvalue weighted by molar-refractivity contribution is 0.412. The summed E-state index contributed by atoms with van der Waals surface area (Å²) >= 11 is 0. The van der Waals surface area contributed by atoms with Crippen LogP contribution in [0, 0.1) is 6.92 Å². The molecule has 2 heteroatoms. The normalized spacial score (nSPS) is 12.2. The maximum Gasteiger partial charge on any atom is 0.166 e. The first-order chi connectivity index (χ1) is 10.5. The van der Waals surface area contributed by atoms with Gasteiger partial charge in [0.25, 0.3) is 0 Å². The molecule has 4 aromatic carbocycles. The molecule has 0 saturated heterocycles. The van der Waals surface area contributed by atoms with E-state index < -0.39 is 0 Å². The average Bonchev–Trinajstić information content (AvgIpc) is 2.50. The SMILES string of the molecule is Cc1ccc2ccc3ccc(C(C)C)c4c(O)c(O)c1c2c34. The van der Waals surface area contributed by atoms with Gasteiger partial charge in [-0.25, -0.2) is 0 Å². The topological polar surface area (TPSA) is 40.5 Å². The quantitative estimate of drug-likeness (QED) is 0.362. The monoisotopic (exact) mass is 290 g/mol. The molecule has 0 aliphatic carbocycles. The highest BCUT2D eigenvalue weighted by atomic mass is 16.3. The van der Waals surface area contributed by atoms with Crippen molar-refractivity contribution >= 4 is 32.3 Å². The molecule has 0 atom stereocenters. The van der Waals surface area contributed by atoms with Crippen LogP contribution in [0.3, 0.4) is 0 Å². The number of rotatable bonds is 1. The third kappa shape index (κ3) is 1.50. The van der Waals surface area contributed by atoms with Gasteiger partial charge in [0.2, 0.25) is 0 Å². The molecule has 2 N–H and O–H groups in total. The van der Waals surface area contributed by atoms with Gasteiger partial charge in [-0.2, -0.15) is 0 Å². The molecule has 0 unspecified atom stereocenters. The molecule has 22 heavy (non-hydrogen) atoms. The standard InChI is InChI=1S/C20H18O2/c1-10(2)14-9-8-13-7-6-12-5-4-11(3)15-16(12)17(13)18(14)20(22)19(15)21/h4-10,21-22H,1-3H3. The van der Waals surface area contributed by atoms with Crippen molar-refractivity contribution in [2.24, 2.45) is 0 Å². The van der Waals surface area contributed by atoms with E-state index >= 15 is 0 Å². The molecule has 0 amide bonds. The smallest absolute Gasteiger partial charge is 0.166 e. The summed E-state index contributed by atoms with van der Waals surface area (Å²) in [6.07, 6.45) is 0. The van der Waals surface area contributed by atoms with Crippen LogP contribution in [0.2, 0.25) is 0 Å². The van der Waals surface area contributed by atoms with E-state index in [0.717, 1.165) is 43.4 Å². The Kier molecular flexibility index (Phi) is 2.56. The van der Waals surface area contributed by atoms with Crippen LogP contribution in [0.15, 0.2) is 36.4 Å². The summed E-state index contributed by atoms with van der Waals surface area (Å²) in [5.41, 5.74) is 2.04. The Labute approximate surface area is 129 Å². The first kappa shape index (κ1) is 13.2. The number of hydrogen-bond donors (Lipinski definition) is 2. The molecule has 4 aromatic rings. The van der Waals surface area contributed by atoms with Crippen LogP contribution >= 0.6 is 0 Å². The summed E-state index contributed by atoms with van der Waals surface area (Å²) in [5, 5.41) is 27.1. The Bertz CT molecular complexity index is 1030. The molecule has 0 aliphatic heterocycles. The maximum absolute atomic E-state index is 10.7. The highest BCUT2D eigenvalue weighted by molar-refractivity contribution is 6.27. The van der Waals surface area contributed by atoms with Crippen molar-refractivity contribution in [2.45, 2.75) is 26.7 Å². The fourth-order valence-corrected chi connectivity index (χ4v) is 3.63. The summed E-state index contributed by atoms with van der Waals surface area (Å²) in [4.78, 5) is 0. The Balaban J connectivity index is 2.44. The van der Waals surface area contributed by atoms with E-state index in [2.05, 4.69) is 44.2 Å². The van der Waals surface area contributed by atoms with E-state index in [1.54, 1.807) is 0 Å². The van der Waals surface area contributed by atoms with E-state index in [1.165, 1.54) is 0 Å². The van der Waals surface area contributed by atoms with Crippen LogP contribution in [0.25, 0.3) is 32.3 Å². The Morgan fingerprint density at radius 3 is 1.82 bits per heavy atom. The van der Waals surface area contributed by atoms with Crippen molar-refractivity contribution < 1.29 is 10.2 Å². The highest BCUT2D eigenvalue weighted by Crippen LogP contribution is 2.49. The first-order valence-electron chi connectivity index (χ1n) is 7.62. The summed E-state index contributed by atoms with van der Waals surface area (Å²) in [7, 11) is 0. The Morgan fingerprint density at radius 2 is 1.18 bits per heavy atom. The van der Waals surface area contributed by atoms with Gasteiger partial charge in [-0.05, 0) is 34.7 Å². The van der Waals surface area contributed by atoms with Crippen molar-refractivity contribution in [1.29, 1.82) is 0 Å². The van der Waals surface area contributed by atoms with Crippen LogP contribution < -0.4 is 0 Å². The third-order valence-corrected chi connectivity index (χ3v) is 4.73. The Hall–Kier alpha value is -2.48. The number of aromatic hydroxyl groups is 2. The second-order valence-corrected chi connectivity index (χ2v) is 6.40. The molecule has 2 nitrogen and oxygen atoms in total. The molecule has 0 radical (unpaired) electrons. The summed E-state index contributed by atoms with van der Waals surface area (Å²) in [6.45, 7) is 6.18. The predicted molar refractivity (Wildman–Crippen MR) is 92.3 cm³/mol. The molecule has 0 aliphatic rings. The molecule has 0 spiro atoms. The van der Waals surface area contributed by atoms with E-state index in [1.807, 2.05) is 13.0 Å². The van der Waals surface area contributed by atoms with E-state index in [4.69, 9.17) is 0 Å². The van der Waals surface area contributed by atoms with Gasteiger partial charge in [0.15, 0.2) is 11.5 Å². The van der Waals surface area contributed by atoms with Gasteiger partial charge < -0.3 is 10.2 Å². The fourth-order valence-electron chi connectivity index (χ4n) is 3.63. The second kappa shape index (κ2) is 4.26. The molecule has 4 rings (SSSR count). The summed E-state index contributed by atoms with van der Waals surface area (Å²) < 4.78 is 0. The zero-order valence-electron chi connectivity index (χ0n) is 12.9. The fraction of sp³-hybridized carbons (Fsp3) is 0.200. The van der Waals surface area contributed by atoms with Gasteiger partial charge in [0, 0.05) is 21.5 Å². The minimum absolute atomic E-state index is 0.00333. The number of aryl methyl sites for hydroxylation is 1. The van der Waals surface area contributed by atoms with Crippen LogP contribution in [-0.4, -0.2) is 10.2 Å². The van der Waals surface area contributed by atoms with Crippen LogP contribution in [0.5, 0.6) is 11.5 Å². The lowest BCUT2D eigenvalue weighted by Gasteiger charge is -2.19. The molecule has 0 aromatic heterocycles. The lowest BCUT2D eigenvalue weighted by atomic mass is 9.86. The van der Waals surface area contributed by atoms with Gasteiger partial charge >= 0.3 is 0 Å². The first-order valence-corrected chi connectivity index (χ1v) is 7.62. The van der Waals surface area contributed by atoms with Gasteiger partial charge in [0.1, 0.15) is 0 Å². The maximum atomic E-state index is 10.7. The molecule has 0 fully saturated rings. The van der Waals surface area contributed by atoms with Crippen molar-refractivity contribution in [2.75, 3.05) is 0 Å². The van der Waals surface area contributed by atoms with Gasteiger partial charge in [-0.1, -0.05) is 50.2 Å². The van der Waals surface area contributed by atoms with Gasteiger partial charge in [-0.3, -0.25) is 0 Å². The van der Waals surface area contributed by atoms with Crippen molar-refractivity contribution in [3.63, 3.8) is 0 Å². The highest BCUT2D eigenvalue weighted by Gasteiger charge is 2.21. The number of phenolic OH excluding ortho intramolecular Hbond substituents is 2. The zero-order valence-corrected chi connectivity index (χ0v) is 12.9. The van der Waals surface area contributed by atoms with Gasteiger partial charge in [-0.15, -0.1) is 0 Å². The minimum atomic E-state index is -0.00352. The molecule has 0 bridgehead atoms. The second-order valence-electron chi connectivity index (χ2n) is 6.40. The molecular weight excluding hydrogens is 272 g/mol. The summed E-state index contributed by atoms with van der Waals surface area (Å²) in [6, 6.07) is 12.4. The molecule has 0 saturated carbocycles. The summed E-state index contributed by atoms with van der Waals surface area (Å²) in [5.74, 6) is 0.274. The Morgan fingerprint density at radius 1 is 0.682 bits per heavy atom. The van der Waals surface area contributed by atoms with Crippen LogP contribution in [-0.2, 0) is 0 Å². The van der Waals surface area contributed by atoms with Crippen molar-refractivity contribution in [3.8, 4) is 11.5 Å². The van der Waals surface area contributed by atoms with Crippen LogP contribution in [0.4, 0.5) is 0 Å². The number of phenols is 2. The molecular formula is C20H18O2. The predicted octanol–water partition coefficient (Wildman–Crippen LogP) is 5.43. The van der Waals surface area contributed by atoms with Crippen LogP contribution in [0.1, 0.15) is 30.9 Å². The minimum Gasteiger partial charge on any atom is -0.504 e. The number of hydrogen-bond acceptors (Lipinski definition) is 2. The zero-order chi connectivity index (χ0) is 15.6. The average molecular weight is 290 g/mol. The van der Waals surface area contributed by atoms with Crippen molar-refractivity contribution in [3.05, 3.63) is 47.5 Å². The number of benzene rings is 4. The van der Waals surface area contributed by atoms with Crippen molar-refractivity contribution in [1.82, 2.24) is 0 Å². The van der Waals surface area contributed by atoms with E-state index in [9.17, 15) is 10.2 Å². The molecule has 110 valence electrons. The largest absolute Gasteiger partial charge is 0.504 e. The van der Waals surface area contributed by atoms with E-state index in [-0.39, 0.29) is 17.4 Å². The van der Waals surface area contributed by atoms with E-state index in [0.29, 0.717) is 0 Å².